The molecule has 0 unspecified atom stereocenters. The standard InChI is InChI=1S/C28H29N3O6/c1-4-12-30-20-9-6-5-8-19(20)28(27(30)35)23(25(33)26(34)31(28)14-7-13-29(2)3)24(32)18-10-11-21-22(17-18)37-16-15-36-21/h4-6,8-11,17,32H,1,7,12-16H2,2-3H3/t28-/m0/s1. The van der Waals surface area contributed by atoms with E-state index in [2.05, 4.69) is 6.58 Å². The highest BCUT2D eigenvalue weighted by Gasteiger charge is 2.66. The third-order valence-electron chi connectivity index (χ3n) is 6.92. The summed E-state index contributed by atoms with van der Waals surface area (Å²) >= 11 is 0. The van der Waals surface area contributed by atoms with E-state index in [1.165, 1.54) is 9.80 Å². The minimum Gasteiger partial charge on any atom is -0.507 e. The Bertz CT molecular complexity index is 1330. The van der Waals surface area contributed by atoms with Crippen LogP contribution in [-0.4, -0.2) is 79.4 Å². The number of benzene rings is 2. The molecule has 1 N–H and O–H groups in total. The number of rotatable bonds is 7. The number of carbonyl (C=O) groups is 3. The van der Waals surface area contributed by atoms with E-state index < -0.39 is 28.9 Å². The monoisotopic (exact) mass is 503 g/mol. The van der Waals surface area contributed by atoms with E-state index in [9.17, 15) is 19.5 Å². The Morgan fingerprint density at radius 3 is 2.57 bits per heavy atom. The number of Topliss-reactive ketones (excluding diaryl/α,β-unsaturated/α-hetero) is 1. The smallest absolute Gasteiger partial charge is 0.296 e. The molecular formula is C28H29N3O6. The van der Waals surface area contributed by atoms with E-state index in [-0.39, 0.29) is 24.2 Å². The summed E-state index contributed by atoms with van der Waals surface area (Å²) in [4.78, 5) is 46.2. The van der Waals surface area contributed by atoms with Crippen molar-refractivity contribution in [2.24, 2.45) is 0 Å². The predicted molar refractivity (Wildman–Crippen MR) is 138 cm³/mol. The van der Waals surface area contributed by atoms with Crippen molar-refractivity contribution in [2.45, 2.75) is 12.0 Å². The summed E-state index contributed by atoms with van der Waals surface area (Å²) in [6, 6.07) is 11.8. The summed E-state index contributed by atoms with van der Waals surface area (Å²) in [7, 11) is 3.82. The molecule has 1 atom stereocenters. The topological polar surface area (TPSA) is 99.6 Å². The lowest BCUT2D eigenvalue weighted by molar-refractivity contribution is -0.143. The number of hydrogen-bond acceptors (Lipinski definition) is 7. The fraction of sp³-hybridized carbons (Fsp3) is 0.321. The lowest BCUT2D eigenvalue weighted by Gasteiger charge is -2.34. The van der Waals surface area contributed by atoms with Gasteiger partial charge in [0.05, 0.1) is 11.3 Å². The normalized spacial score (nSPS) is 21.8. The lowest BCUT2D eigenvalue weighted by atomic mass is 9.81. The van der Waals surface area contributed by atoms with Gasteiger partial charge in [0.25, 0.3) is 17.6 Å². The number of ketones is 1. The number of aliphatic hydroxyl groups excluding tert-OH is 1. The highest BCUT2D eigenvalue weighted by atomic mass is 16.6. The van der Waals surface area contributed by atoms with Gasteiger partial charge in [-0.15, -0.1) is 6.58 Å². The maximum Gasteiger partial charge on any atom is 0.296 e. The van der Waals surface area contributed by atoms with Crippen molar-refractivity contribution in [2.75, 3.05) is 51.8 Å². The van der Waals surface area contributed by atoms with Crippen LogP contribution >= 0.6 is 0 Å². The van der Waals surface area contributed by atoms with Gasteiger partial charge < -0.3 is 29.3 Å². The number of ether oxygens (including phenoxy) is 2. The third-order valence-corrected chi connectivity index (χ3v) is 6.92. The van der Waals surface area contributed by atoms with Crippen LogP contribution in [0.5, 0.6) is 11.5 Å². The SMILES string of the molecule is C=CCN1C(=O)[C@@]2(C(=C(O)c3ccc4c(c3)OCCO4)C(=O)C(=O)N2CCCN(C)C)c2ccccc21. The van der Waals surface area contributed by atoms with Crippen molar-refractivity contribution in [3.05, 3.63) is 71.8 Å². The van der Waals surface area contributed by atoms with Crippen LogP contribution in [0.3, 0.4) is 0 Å². The first-order valence-electron chi connectivity index (χ1n) is 12.2. The highest BCUT2D eigenvalue weighted by molar-refractivity contribution is 6.50. The lowest BCUT2D eigenvalue weighted by Crippen LogP contribution is -2.52. The molecule has 0 aromatic heterocycles. The Labute approximate surface area is 215 Å². The van der Waals surface area contributed by atoms with Crippen LogP contribution < -0.4 is 14.4 Å². The molecular weight excluding hydrogens is 474 g/mol. The molecule has 0 bridgehead atoms. The summed E-state index contributed by atoms with van der Waals surface area (Å²) in [5.41, 5.74) is -0.743. The first-order valence-corrected chi connectivity index (χ1v) is 12.2. The number of carbonyl (C=O) groups excluding carboxylic acids is 3. The van der Waals surface area contributed by atoms with E-state index in [1.807, 2.05) is 19.0 Å². The Kier molecular flexibility index (Phi) is 6.25. The largest absolute Gasteiger partial charge is 0.507 e. The number of para-hydroxylation sites is 1. The third kappa shape index (κ3) is 3.69. The molecule has 0 radical (unpaired) electrons. The zero-order valence-corrected chi connectivity index (χ0v) is 20.9. The number of hydrogen-bond donors (Lipinski definition) is 1. The number of nitrogens with zero attached hydrogens (tertiary/aromatic N) is 3. The molecule has 5 rings (SSSR count). The molecule has 1 saturated heterocycles. The van der Waals surface area contributed by atoms with Crippen LogP contribution in [0.2, 0.25) is 0 Å². The summed E-state index contributed by atoms with van der Waals surface area (Å²) in [6.45, 7) is 5.51. The molecule has 2 aromatic carbocycles. The molecule has 3 heterocycles. The molecule has 37 heavy (non-hydrogen) atoms. The molecule has 1 spiro atoms. The Morgan fingerprint density at radius 2 is 1.84 bits per heavy atom. The highest BCUT2D eigenvalue weighted by Crippen LogP contribution is 2.53. The molecule has 2 aromatic rings. The number of amides is 2. The maximum atomic E-state index is 14.3. The number of aliphatic hydroxyl groups is 1. The predicted octanol–water partition coefficient (Wildman–Crippen LogP) is 2.52. The Balaban J connectivity index is 1.74. The van der Waals surface area contributed by atoms with Crippen molar-refractivity contribution in [3.63, 3.8) is 0 Å². The fourth-order valence-electron chi connectivity index (χ4n) is 5.36. The molecule has 9 heteroatoms. The minimum absolute atomic E-state index is 0.155. The van der Waals surface area contributed by atoms with Crippen LogP contribution in [0.25, 0.3) is 5.76 Å². The molecule has 9 nitrogen and oxygen atoms in total. The van der Waals surface area contributed by atoms with Crippen molar-refractivity contribution < 1.29 is 29.0 Å². The molecule has 3 aliphatic rings. The van der Waals surface area contributed by atoms with Gasteiger partial charge in [-0.2, -0.15) is 0 Å². The second kappa shape index (κ2) is 9.40. The number of likely N-dealkylation sites (tertiary alicyclic amines) is 1. The van der Waals surface area contributed by atoms with Gasteiger partial charge in [-0.1, -0.05) is 24.3 Å². The second-order valence-electron chi connectivity index (χ2n) is 9.46. The van der Waals surface area contributed by atoms with Crippen molar-refractivity contribution in [1.82, 2.24) is 9.80 Å². The van der Waals surface area contributed by atoms with Crippen LogP contribution in [0, 0.1) is 0 Å². The molecule has 192 valence electrons. The average Bonchev–Trinajstić information content (AvgIpc) is 3.27. The molecule has 1 fully saturated rings. The summed E-state index contributed by atoms with van der Waals surface area (Å²) in [6.07, 6.45) is 2.12. The van der Waals surface area contributed by atoms with Crippen molar-refractivity contribution >= 4 is 29.0 Å². The van der Waals surface area contributed by atoms with Gasteiger partial charge in [0, 0.05) is 24.2 Å². The van der Waals surface area contributed by atoms with Crippen molar-refractivity contribution in [3.8, 4) is 11.5 Å². The van der Waals surface area contributed by atoms with Crippen LogP contribution in [0.1, 0.15) is 17.5 Å². The van der Waals surface area contributed by atoms with E-state index in [4.69, 9.17) is 9.47 Å². The fourth-order valence-corrected chi connectivity index (χ4v) is 5.36. The van der Waals surface area contributed by atoms with Gasteiger partial charge in [0.1, 0.15) is 19.0 Å². The average molecular weight is 504 g/mol. The Hall–Kier alpha value is -4.11. The van der Waals surface area contributed by atoms with E-state index >= 15 is 0 Å². The van der Waals surface area contributed by atoms with Gasteiger partial charge in [-0.25, -0.2) is 0 Å². The number of fused-ring (bicyclic) bond motifs is 3. The molecule has 2 amide bonds. The van der Waals surface area contributed by atoms with Gasteiger partial charge >= 0.3 is 0 Å². The number of anilines is 1. The van der Waals surface area contributed by atoms with Crippen LogP contribution in [-0.2, 0) is 19.9 Å². The van der Waals surface area contributed by atoms with Crippen LogP contribution in [0.4, 0.5) is 5.69 Å². The quantitative estimate of drug-likeness (QED) is 0.268. The van der Waals surface area contributed by atoms with Gasteiger partial charge in [-0.3, -0.25) is 14.4 Å². The zero-order chi connectivity index (χ0) is 26.3. The summed E-state index contributed by atoms with van der Waals surface area (Å²) in [5.74, 6) is -1.70. The Morgan fingerprint density at radius 1 is 1.11 bits per heavy atom. The summed E-state index contributed by atoms with van der Waals surface area (Å²) < 4.78 is 11.2. The molecule has 3 aliphatic heterocycles. The zero-order valence-electron chi connectivity index (χ0n) is 20.9. The summed E-state index contributed by atoms with van der Waals surface area (Å²) in [5, 5.41) is 11.6. The first kappa shape index (κ1) is 24.6. The van der Waals surface area contributed by atoms with Gasteiger partial charge in [-0.05, 0) is 51.3 Å². The van der Waals surface area contributed by atoms with E-state index in [0.29, 0.717) is 48.9 Å². The van der Waals surface area contributed by atoms with Gasteiger partial charge in [0.2, 0.25) is 0 Å². The molecule has 0 aliphatic carbocycles. The molecule has 0 saturated carbocycles. The second-order valence-corrected chi connectivity index (χ2v) is 9.46. The van der Waals surface area contributed by atoms with E-state index in [1.54, 1.807) is 48.5 Å². The van der Waals surface area contributed by atoms with Crippen LogP contribution in [0.15, 0.2) is 60.7 Å². The van der Waals surface area contributed by atoms with Crippen molar-refractivity contribution in [1.29, 1.82) is 0 Å². The van der Waals surface area contributed by atoms with E-state index in [0.717, 1.165) is 0 Å². The first-order chi connectivity index (χ1) is 17.8. The minimum atomic E-state index is -1.79. The van der Waals surface area contributed by atoms with Gasteiger partial charge in [0.15, 0.2) is 17.0 Å². The maximum absolute atomic E-state index is 14.3.